The minimum Gasteiger partial charge on any atom is -0.350 e. The lowest BCUT2D eigenvalue weighted by atomic mass is 9.96. The first kappa shape index (κ1) is 21.1. The lowest BCUT2D eigenvalue weighted by Gasteiger charge is -2.31. The van der Waals surface area contributed by atoms with Gasteiger partial charge in [-0.2, -0.15) is 5.10 Å². The van der Waals surface area contributed by atoms with Gasteiger partial charge in [0.2, 0.25) is 0 Å². The highest BCUT2D eigenvalue weighted by Crippen LogP contribution is 2.25. The fraction of sp³-hybridized carbons (Fsp3) is 0.292. The van der Waals surface area contributed by atoms with Crippen LogP contribution in [0.5, 0.6) is 0 Å². The van der Waals surface area contributed by atoms with Gasteiger partial charge in [0.1, 0.15) is 10.7 Å². The minimum absolute atomic E-state index is 0.0935. The lowest BCUT2D eigenvalue weighted by Crippen LogP contribution is -2.38. The monoisotopic (exact) mass is 463 g/mol. The second-order valence-electron chi connectivity index (χ2n) is 8.06. The van der Waals surface area contributed by atoms with Gasteiger partial charge in [0.15, 0.2) is 0 Å². The summed E-state index contributed by atoms with van der Waals surface area (Å²) < 4.78 is 1.82. The van der Waals surface area contributed by atoms with Crippen LogP contribution in [-0.4, -0.2) is 45.2 Å². The van der Waals surface area contributed by atoms with Gasteiger partial charge in [-0.1, -0.05) is 24.3 Å². The van der Waals surface area contributed by atoms with Gasteiger partial charge in [-0.25, -0.2) is 9.67 Å². The molecule has 5 rings (SSSR count). The van der Waals surface area contributed by atoms with Gasteiger partial charge in [-0.15, -0.1) is 22.7 Å². The molecule has 32 heavy (non-hydrogen) atoms. The first-order chi connectivity index (χ1) is 15.7. The Balaban J connectivity index is 1.12. The van der Waals surface area contributed by atoms with E-state index >= 15 is 0 Å². The average molecular weight is 464 g/mol. The van der Waals surface area contributed by atoms with E-state index in [4.69, 9.17) is 0 Å². The van der Waals surface area contributed by atoms with Crippen LogP contribution in [0.1, 0.15) is 28.2 Å². The van der Waals surface area contributed by atoms with Crippen LogP contribution in [0.2, 0.25) is 0 Å². The predicted octanol–water partition coefficient (Wildman–Crippen LogP) is 4.70. The SMILES string of the molecule is O=C(NCC1CCN(Cc2cccs2)CC1)c1csc(-c2cnn(-c3ccccc3)c2)n1. The van der Waals surface area contributed by atoms with Gasteiger partial charge in [0, 0.05) is 35.1 Å². The standard InChI is InChI=1S/C24H25N5OS2/c30-23(25-13-18-8-10-28(11-9-18)16-21-7-4-12-31-21)22-17-32-24(27-22)19-14-26-29(15-19)20-5-2-1-3-6-20/h1-7,12,14-15,17-18H,8-11,13,16H2,(H,25,30). The number of nitrogens with zero attached hydrogens (tertiary/aromatic N) is 4. The summed E-state index contributed by atoms with van der Waals surface area (Å²) in [6.07, 6.45) is 5.97. The van der Waals surface area contributed by atoms with Crippen molar-refractivity contribution in [1.29, 1.82) is 0 Å². The maximum absolute atomic E-state index is 12.6. The number of likely N-dealkylation sites (tertiary alicyclic amines) is 1. The molecule has 0 bridgehead atoms. The average Bonchev–Trinajstić information content (AvgIpc) is 3.61. The first-order valence-corrected chi connectivity index (χ1v) is 12.6. The number of aromatic nitrogens is 3. The number of hydrogen-bond donors (Lipinski definition) is 1. The van der Waals surface area contributed by atoms with Crippen molar-refractivity contribution in [2.45, 2.75) is 19.4 Å². The highest BCUT2D eigenvalue weighted by Gasteiger charge is 2.21. The third-order valence-electron chi connectivity index (χ3n) is 5.81. The van der Waals surface area contributed by atoms with Crippen LogP contribution in [0.15, 0.2) is 65.6 Å². The van der Waals surface area contributed by atoms with Gasteiger partial charge in [0.25, 0.3) is 5.91 Å². The minimum atomic E-state index is -0.0935. The van der Waals surface area contributed by atoms with Crippen LogP contribution in [-0.2, 0) is 6.54 Å². The molecule has 0 aliphatic carbocycles. The van der Waals surface area contributed by atoms with Crippen LogP contribution in [0.3, 0.4) is 0 Å². The number of rotatable bonds is 7. The molecule has 1 fully saturated rings. The van der Waals surface area contributed by atoms with Crippen molar-refractivity contribution >= 4 is 28.6 Å². The zero-order valence-electron chi connectivity index (χ0n) is 17.7. The summed E-state index contributed by atoms with van der Waals surface area (Å²) in [6.45, 7) is 3.93. The molecule has 164 valence electrons. The van der Waals surface area contributed by atoms with E-state index in [1.165, 1.54) is 16.2 Å². The molecule has 0 spiro atoms. The molecule has 6 nitrogen and oxygen atoms in total. The molecular weight excluding hydrogens is 438 g/mol. The van der Waals surface area contributed by atoms with Gasteiger partial charge in [-0.3, -0.25) is 9.69 Å². The molecule has 4 aromatic rings. The van der Waals surface area contributed by atoms with Crippen molar-refractivity contribution in [3.8, 4) is 16.3 Å². The molecule has 0 atom stereocenters. The maximum Gasteiger partial charge on any atom is 0.270 e. The molecule has 1 N–H and O–H groups in total. The van der Waals surface area contributed by atoms with Crippen molar-refractivity contribution in [1.82, 2.24) is 25.0 Å². The smallest absolute Gasteiger partial charge is 0.270 e. The van der Waals surface area contributed by atoms with Crippen LogP contribution in [0.25, 0.3) is 16.3 Å². The third-order valence-corrected chi connectivity index (χ3v) is 7.56. The van der Waals surface area contributed by atoms with Crippen LogP contribution in [0, 0.1) is 5.92 Å². The molecule has 1 aliphatic heterocycles. The Bertz CT molecular complexity index is 1140. The number of carbonyl (C=O) groups excluding carboxylic acids is 1. The van der Waals surface area contributed by atoms with Crippen LogP contribution < -0.4 is 5.32 Å². The topological polar surface area (TPSA) is 63.1 Å². The van der Waals surface area contributed by atoms with Crippen molar-refractivity contribution in [2.24, 2.45) is 5.92 Å². The Hall–Kier alpha value is -2.81. The zero-order valence-corrected chi connectivity index (χ0v) is 19.3. The lowest BCUT2D eigenvalue weighted by molar-refractivity contribution is 0.0931. The third kappa shape index (κ3) is 4.98. The van der Waals surface area contributed by atoms with E-state index in [1.54, 1.807) is 6.20 Å². The molecule has 3 aromatic heterocycles. The molecule has 1 aromatic carbocycles. The second kappa shape index (κ2) is 9.77. The number of amides is 1. The van der Waals surface area contributed by atoms with Crippen molar-refractivity contribution in [3.63, 3.8) is 0 Å². The van der Waals surface area contributed by atoms with Gasteiger partial charge < -0.3 is 5.32 Å². The molecule has 1 aliphatic rings. The van der Waals surface area contributed by atoms with Crippen molar-refractivity contribution in [3.05, 3.63) is 76.2 Å². The number of thiazole rings is 1. The predicted molar refractivity (Wildman–Crippen MR) is 129 cm³/mol. The van der Waals surface area contributed by atoms with Gasteiger partial charge in [-0.05, 0) is 55.4 Å². The molecule has 0 saturated carbocycles. The number of thiophene rings is 1. The summed E-state index contributed by atoms with van der Waals surface area (Å²) in [5.41, 5.74) is 2.39. The summed E-state index contributed by atoms with van der Waals surface area (Å²) in [5, 5.41) is 12.3. The molecule has 4 heterocycles. The van der Waals surface area contributed by atoms with E-state index in [9.17, 15) is 4.79 Å². The number of piperidine rings is 1. The molecule has 1 amide bonds. The number of nitrogens with one attached hydrogen (secondary N) is 1. The second-order valence-corrected chi connectivity index (χ2v) is 9.95. The van der Waals surface area contributed by atoms with E-state index in [-0.39, 0.29) is 5.91 Å². The number of carbonyl (C=O) groups is 1. The molecular formula is C24H25N5OS2. The number of para-hydroxylation sites is 1. The van der Waals surface area contributed by atoms with Crippen molar-refractivity contribution < 1.29 is 4.79 Å². The van der Waals surface area contributed by atoms with Crippen LogP contribution >= 0.6 is 22.7 Å². The van der Waals surface area contributed by atoms with E-state index in [0.29, 0.717) is 18.2 Å². The summed E-state index contributed by atoms with van der Waals surface area (Å²) >= 11 is 3.29. The van der Waals surface area contributed by atoms with E-state index in [1.807, 2.05) is 57.9 Å². The van der Waals surface area contributed by atoms with Gasteiger partial charge in [0.05, 0.1) is 11.9 Å². The normalized spacial score (nSPS) is 15.1. The quantitative estimate of drug-likeness (QED) is 0.432. The summed E-state index contributed by atoms with van der Waals surface area (Å²) in [6, 6.07) is 14.3. The zero-order chi connectivity index (χ0) is 21.8. The largest absolute Gasteiger partial charge is 0.350 e. The van der Waals surface area contributed by atoms with Crippen molar-refractivity contribution in [2.75, 3.05) is 19.6 Å². The summed E-state index contributed by atoms with van der Waals surface area (Å²) in [5.74, 6) is 0.435. The van der Waals surface area contributed by atoms with Gasteiger partial charge >= 0.3 is 0 Å². The fourth-order valence-electron chi connectivity index (χ4n) is 3.97. The maximum atomic E-state index is 12.6. The van der Waals surface area contributed by atoms with E-state index < -0.39 is 0 Å². The molecule has 8 heteroatoms. The number of hydrogen-bond acceptors (Lipinski definition) is 6. The van der Waals surface area contributed by atoms with E-state index in [0.717, 1.165) is 48.7 Å². The Morgan fingerprint density at radius 1 is 1.09 bits per heavy atom. The Kier molecular flexibility index (Phi) is 6.43. The Labute approximate surface area is 195 Å². The number of benzene rings is 1. The Morgan fingerprint density at radius 3 is 2.72 bits per heavy atom. The molecule has 0 unspecified atom stereocenters. The Morgan fingerprint density at radius 2 is 1.94 bits per heavy atom. The summed E-state index contributed by atoms with van der Waals surface area (Å²) in [7, 11) is 0. The molecule has 1 saturated heterocycles. The van der Waals surface area contributed by atoms with E-state index in [2.05, 4.69) is 37.8 Å². The highest BCUT2D eigenvalue weighted by molar-refractivity contribution is 7.13. The summed E-state index contributed by atoms with van der Waals surface area (Å²) in [4.78, 5) is 21.1. The fourth-order valence-corrected chi connectivity index (χ4v) is 5.49. The first-order valence-electron chi connectivity index (χ1n) is 10.8. The van der Waals surface area contributed by atoms with Crippen LogP contribution in [0.4, 0.5) is 0 Å². The molecule has 0 radical (unpaired) electrons. The highest BCUT2D eigenvalue weighted by atomic mass is 32.1.